The molecule has 0 fully saturated rings. The molecule has 2 nitrogen and oxygen atoms in total. The third-order valence-corrected chi connectivity index (χ3v) is 2.59. The number of hydrogen-bond acceptors (Lipinski definition) is 2. The summed E-state index contributed by atoms with van der Waals surface area (Å²) < 4.78 is 0. The zero-order chi connectivity index (χ0) is 13.0. The van der Waals surface area contributed by atoms with Gasteiger partial charge in [0.15, 0.2) is 0 Å². The first kappa shape index (κ1) is 15.1. The highest BCUT2D eigenvalue weighted by molar-refractivity contribution is 5.32. The minimum Gasteiger partial charge on any atom is -0.274 e. The van der Waals surface area contributed by atoms with Gasteiger partial charge in [-0.05, 0) is 22.0 Å². The number of benzene rings is 1. The minimum absolute atomic E-state index is 0.251. The van der Waals surface area contributed by atoms with E-state index in [-0.39, 0.29) is 10.8 Å². The van der Waals surface area contributed by atoms with Crippen LogP contribution in [-0.4, -0.2) is 0 Å². The van der Waals surface area contributed by atoms with Gasteiger partial charge in [-0.1, -0.05) is 65.8 Å². The van der Waals surface area contributed by atoms with Gasteiger partial charge in [-0.15, -0.1) is 0 Å². The number of rotatable bonds is 0. The fourth-order valence-corrected chi connectivity index (χ4v) is 1.45. The maximum atomic E-state index is 4.00. The summed E-state index contributed by atoms with van der Waals surface area (Å²) in [5, 5.41) is 0. The van der Waals surface area contributed by atoms with E-state index in [1.807, 2.05) is 0 Å². The first-order chi connectivity index (χ1) is 7.21. The average Bonchev–Trinajstić information content (AvgIpc) is 2.18. The first-order valence-electron chi connectivity index (χ1n) is 5.65. The summed E-state index contributed by atoms with van der Waals surface area (Å²) in [5.41, 5.74) is 3.34. The fraction of sp³-hybridized carbons (Fsp3) is 0.571. The van der Waals surface area contributed by atoms with E-state index in [4.69, 9.17) is 0 Å². The summed E-state index contributed by atoms with van der Waals surface area (Å²) >= 11 is 0. The van der Waals surface area contributed by atoms with E-state index >= 15 is 0 Å². The van der Waals surface area contributed by atoms with E-state index in [1.165, 1.54) is 11.1 Å². The second kappa shape index (κ2) is 5.46. The molecule has 0 saturated heterocycles. The quantitative estimate of drug-likeness (QED) is 0.523. The van der Waals surface area contributed by atoms with E-state index in [0.717, 1.165) is 0 Å². The van der Waals surface area contributed by atoms with Crippen LogP contribution >= 0.6 is 0 Å². The summed E-state index contributed by atoms with van der Waals surface area (Å²) in [6, 6.07) is 8.94. The van der Waals surface area contributed by atoms with Crippen LogP contribution in [0.2, 0.25) is 0 Å². The molecule has 0 heterocycles. The van der Waals surface area contributed by atoms with Gasteiger partial charge in [-0.25, -0.2) is 0 Å². The summed E-state index contributed by atoms with van der Waals surface area (Å²) in [5.74, 6) is 8.00. The molecule has 1 aromatic rings. The van der Waals surface area contributed by atoms with Crippen LogP contribution in [0.25, 0.3) is 0 Å². The van der Waals surface area contributed by atoms with Crippen molar-refractivity contribution < 1.29 is 0 Å². The van der Waals surface area contributed by atoms with Crippen molar-refractivity contribution in [2.45, 2.75) is 52.4 Å². The lowest BCUT2D eigenvalue weighted by atomic mass is 9.81. The molecule has 16 heavy (non-hydrogen) atoms. The van der Waals surface area contributed by atoms with Crippen molar-refractivity contribution in [1.29, 1.82) is 0 Å². The first-order valence-corrected chi connectivity index (χ1v) is 5.65. The van der Waals surface area contributed by atoms with Gasteiger partial charge < -0.3 is 0 Å². The highest BCUT2D eigenvalue weighted by atomic mass is 15.0. The van der Waals surface area contributed by atoms with Crippen molar-refractivity contribution >= 4 is 0 Å². The third-order valence-electron chi connectivity index (χ3n) is 2.59. The van der Waals surface area contributed by atoms with Crippen molar-refractivity contribution in [3.8, 4) is 0 Å². The van der Waals surface area contributed by atoms with Crippen LogP contribution in [0.15, 0.2) is 24.3 Å². The van der Waals surface area contributed by atoms with Crippen LogP contribution < -0.4 is 11.7 Å². The Balaban J connectivity index is 0.00000106. The molecule has 0 aliphatic carbocycles. The molecule has 0 aliphatic rings. The lowest BCUT2D eigenvalue weighted by Crippen LogP contribution is -2.15. The normalized spacial score (nSPS) is 11.8. The molecular weight excluding hydrogens is 196 g/mol. The molecule has 1 aromatic carbocycles. The Labute approximate surface area is 100 Å². The predicted octanol–water partition coefficient (Wildman–Crippen LogP) is 3.10. The Bertz CT molecular complexity index is 287. The van der Waals surface area contributed by atoms with Crippen molar-refractivity contribution in [2.75, 3.05) is 0 Å². The summed E-state index contributed by atoms with van der Waals surface area (Å²) in [6.45, 7) is 13.6. The Morgan fingerprint density at radius 2 is 1.06 bits per heavy atom. The van der Waals surface area contributed by atoms with Gasteiger partial charge in [-0.2, -0.15) is 0 Å². The molecule has 2 heteroatoms. The maximum Gasteiger partial charge on any atom is -0.0132 e. The highest BCUT2D eigenvalue weighted by Gasteiger charge is 2.18. The molecule has 0 atom stereocenters. The molecule has 0 saturated carbocycles. The van der Waals surface area contributed by atoms with Crippen LogP contribution in [0.5, 0.6) is 0 Å². The highest BCUT2D eigenvalue weighted by Crippen LogP contribution is 2.28. The smallest absolute Gasteiger partial charge is 0.0132 e. The Morgan fingerprint density at radius 3 is 1.31 bits per heavy atom. The van der Waals surface area contributed by atoms with Gasteiger partial charge in [0.25, 0.3) is 0 Å². The van der Waals surface area contributed by atoms with Gasteiger partial charge >= 0.3 is 0 Å². The maximum absolute atomic E-state index is 4.00. The van der Waals surface area contributed by atoms with Crippen LogP contribution in [0.1, 0.15) is 52.7 Å². The van der Waals surface area contributed by atoms with E-state index in [1.54, 1.807) is 0 Å². The van der Waals surface area contributed by atoms with E-state index in [9.17, 15) is 0 Å². The third kappa shape index (κ3) is 4.33. The summed E-state index contributed by atoms with van der Waals surface area (Å²) in [7, 11) is 0. The fourth-order valence-electron chi connectivity index (χ4n) is 1.45. The van der Waals surface area contributed by atoms with Crippen molar-refractivity contribution in [2.24, 2.45) is 11.7 Å². The van der Waals surface area contributed by atoms with E-state index in [0.29, 0.717) is 0 Å². The Morgan fingerprint density at radius 1 is 0.750 bits per heavy atom. The van der Waals surface area contributed by atoms with Crippen LogP contribution in [0.3, 0.4) is 0 Å². The van der Waals surface area contributed by atoms with Gasteiger partial charge in [0, 0.05) is 0 Å². The number of nitrogens with two attached hydrogens (primary N) is 2. The van der Waals surface area contributed by atoms with Gasteiger partial charge in [0.05, 0.1) is 0 Å². The molecule has 0 aromatic heterocycles. The molecule has 0 unspecified atom stereocenters. The van der Waals surface area contributed by atoms with Crippen LogP contribution in [0, 0.1) is 0 Å². The Hall–Kier alpha value is -0.860. The zero-order valence-corrected chi connectivity index (χ0v) is 11.5. The van der Waals surface area contributed by atoms with Gasteiger partial charge in [-0.3, -0.25) is 11.7 Å². The summed E-state index contributed by atoms with van der Waals surface area (Å²) in [6.07, 6.45) is 0. The molecular formula is C14H26N2. The van der Waals surface area contributed by atoms with Crippen molar-refractivity contribution in [1.82, 2.24) is 0 Å². The number of hydrogen-bond donors (Lipinski definition) is 2. The lowest BCUT2D eigenvalue weighted by molar-refractivity contribution is 0.568. The van der Waals surface area contributed by atoms with E-state index < -0.39 is 0 Å². The molecule has 92 valence electrons. The second-order valence-electron chi connectivity index (χ2n) is 6.08. The second-order valence-corrected chi connectivity index (χ2v) is 6.08. The topological polar surface area (TPSA) is 52.0 Å². The monoisotopic (exact) mass is 222 g/mol. The molecule has 0 radical (unpaired) electrons. The molecule has 0 amide bonds. The zero-order valence-electron chi connectivity index (χ0n) is 11.5. The number of hydrazine groups is 1. The summed E-state index contributed by atoms with van der Waals surface area (Å²) in [4.78, 5) is 0. The molecule has 0 bridgehead atoms. The lowest BCUT2D eigenvalue weighted by Gasteiger charge is -2.24. The molecule has 0 aliphatic heterocycles. The van der Waals surface area contributed by atoms with Crippen LogP contribution in [-0.2, 0) is 10.8 Å². The molecule has 0 spiro atoms. The van der Waals surface area contributed by atoms with Gasteiger partial charge in [0.2, 0.25) is 0 Å². The largest absolute Gasteiger partial charge is 0.274 e. The predicted molar refractivity (Wildman–Crippen MR) is 72.2 cm³/mol. The van der Waals surface area contributed by atoms with Crippen molar-refractivity contribution in [3.05, 3.63) is 35.4 Å². The van der Waals surface area contributed by atoms with Crippen molar-refractivity contribution in [3.63, 3.8) is 0 Å². The van der Waals surface area contributed by atoms with Gasteiger partial charge in [0.1, 0.15) is 0 Å². The average molecular weight is 222 g/mol. The molecule has 1 rings (SSSR count). The SMILES string of the molecule is CC(C)(C)c1cccc(C(C)(C)C)c1.NN. The van der Waals surface area contributed by atoms with Crippen LogP contribution in [0.4, 0.5) is 0 Å². The standard InChI is InChI=1S/C14H22.H4N2/c1-13(2,3)11-8-7-9-12(10-11)14(4,5)6;1-2/h7-10H,1-6H3;1-2H2. The molecule has 4 N–H and O–H groups in total. The van der Waals surface area contributed by atoms with E-state index in [2.05, 4.69) is 77.5 Å². The Kier molecular flexibility index (Phi) is 5.17. The minimum atomic E-state index is 0.251.